The van der Waals surface area contributed by atoms with Crippen LogP contribution in [0.2, 0.25) is 0 Å². The third kappa shape index (κ3) is 5.31. The van der Waals surface area contributed by atoms with Gasteiger partial charge in [-0.3, -0.25) is 4.79 Å². The predicted molar refractivity (Wildman–Crippen MR) is 101 cm³/mol. The number of benzene rings is 2. The molecule has 1 amide bonds. The summed E-state index contributed by atoms with van der Waals surface area (Å²) in [5.41, 5.74) is 2.99. The van der Waals surface area contributed by atoms with Gasteiger partial charge in [-0.2, -0.15) is 0 Å². The van der Waals surface area contributed by atoms with E-state index in [1.165, 1.54) is 10.5 Å². The summed E-state index contributed by atoms with van der Waals surface area (Å²) in [5.74, 6) is 1.60. The van der Waals surface area contributed by atoms with E-state index in [4.69, 9.17) is 4.74 Å². The predicted octanol–water partition coefficient (Wildman–Crippen LogP) is 4.83. The fourth-order valence-corrected chi connectivity index (χ4v) is 3.14. The number of ether oxygens (including phenoxy) is 1. The lowest BCUT2D eigenvalue weighted by atomic mass is 10.1. The Morgan fingerprint density at radius 2 is 1.88 bits per heavy atom. The molecule has 0 atom stereocenters. The van der Waals surface area contributed by atoms with Crippen LogP contribution in [0.25, 0.3) is 0 Å². The summed E-state index contributed by atoms with van der Waals surface area (Å²) >= 11 is 1.75. The first kappa shape index (κ1) is 18.4. The van der Waals surface area contributed by atoms with Gasteiger partial charge in [0.15, 0.2) is 0 Å². The molecule has 2 rings (SSSR count). The van der Waals surface area contributed by atoms with Gasteiger partial charge >= 0.3 is 0 Å². The van der Waals surface area contributed by atoms with Crippen LogP contribution in [0, 0.1) is 6.92 Å². The van der Waals surface area contributed by atoms with E-state index in [0.29, 0.717) is 18.7 Å². The molecular weight excluding hydrogens is 318 g/mol. The van der Waals surface area contributed by atoms with E-state index in [1.54, 1.807) is 11.8 Å². The van der Waals surface area contributed by atoms with Gasteiger partial charge in [0.25, 0.3) is 5.91 Å². The average Bonchev–Trinajstić information content (AvgIpc) is 2.60. The molecule has 2 aromatic rings. The number of aryl methyl sites for hydroxylation is 1. The summed E-state index contributed by atoms with van der Waals surface area (Å²) in [6.07, 6.45) is 0.929. The van der Waals surface area contributed by atoms with Gasteiger partial charge < -0.3 is 10.1 Å². The number of carbonyl (C=O) groups is 1. The highest BCUT2D eigenvalue weighted by atomic mass is 32.2. The van der Waals surface area contributed by atoms with E-state index in [-0.39, 0.29) is 5.91 Å². The zero-order valence-electron chi connectivity index (χ0n) is 14.6. The normalized spacial score (nSPS) is 10.5. The highest BCUT2D eigenvalue weighted by Gasteiger charge is 2.11. The highest BCUT2D eigenvalue weighted by molar-refractivity contribution is 7.98. The zero-order chi connectivity index (χ0) is 17.4. The Kier molecular flexibility index (Phi) is 7.19. The lowest BCUT2D eigenvalue weighted by Gasteiger charge is -2.12. The smallest absolute Gasteiger partial charge is 0.251 e. The van der Waals surface area contributed by atoms with Crippen molar-refractivity contribution in [3.05, 3.63) is 59.2 Å². The summed E-state index contributed by atoms with van der Waals surface area (Å²) in [5, 5.41) is 2.92. The molecule has 2 aromatic carbocycles. The Balaban J connectivity index is 2.14. The van der Waals surface area contributed by atoms with Gasteiger partial charge in [0.1, 0.15) is 5.75 Å². The van der Waals surface area contributed by atoms with Crippen molar-refractivity contribution in [2.75, 3.05) is 13.2 Å². The summed E-state index contributed by atoms with van der Waals surface area (Å²) in [4.78, 5) is 13.4. The molecule has 0 saturated carbocycles. The van der Waals surface area contributed by atoms with Gasteiger partial charge in [-0.15, -0.1) is 11.8 Å². The van der Waals surface area contributed by atoms with Crippen molar-refractivity contribution in [1.29, 1.82) is 0 Å². The molecule has 0 spiro atoms. The molecule has 0 fully saturated rings. The molecule has 4 heteroatoms. The average molecular weight is 343 g/mol. The number of amides is 1. The third-order valence-corrected chi connectivity index (χ3v) is 4.63. The maximum Gasteiger partial charge on any atom is 0.251 e. The number of thioether (sulfide) groups is 1. The van der Waals surface area contributed by atoms with E-state index < -0.39 is 0 Å². The number of hydrogen-bond acceptors (Lipinski definition) is 3. The molecule has 0 aliphatic rings. The standard InChI is InChI=1S/C20H25NO2S/c1-4-12-21-20(22)16-8-11-19(23-5-2)17(13-16)14-24-18-9-6-15(3)7-10-18/h6-11,13H,4-5,12,14H2,1-3H3,(H,21,22). The Labute approximate surface area is 148 Å². The van der Waals surface area contributed by atoms with Crippen molar-refractivity contribution in [3.63, 3.8) is 0 Å². The van der Waals surface area contributed by atoms with E-state index in [9.17, 15) is 4.79 Å². The van der Waals surface area contributed by atoms with Crippen molar-refractivity contribution in [1.82, 2.24) is 5.32 Å². The zero-order valence-corrected chi connectivity index (χ0v) is 15.4. The summed E-state index contributed by atoms with van der Waals surface area (Å²) in [7, 11) is 0. The molecule has 0 radical (unpaired) electrons. The first-order chi connectivity index (χ1) is 11.6. The Hall–Kier alpha value is -1.94. The lowest BCUT2D eigenvalue weighted by Crippen LogP contribution is -2.24. The summed E-state index contributed by atoms with van der Waals surface area (Å²) in [6.45, 7) is 7.41. The lowest BCUT2D eigenvalue weighted by molar-refractivity contribution is 0.0953. The fourth-order valence-electron chi connectivity index (χ4n) is 2.27. The third-order valence-electron chi connectivity index (χ3n) is 3.57. The molecule has 0 heterocycles. The molecule has 0 saturated heterocycles. The largest absolute Gasteiger partial charge is 0.494 e. The van der Waals surface area contributed by atoms with Crippen molar-refractivity contribution >= 4 is 17.7 Å². The van der Waals surface area contributed by atoms with Gasteiger partial charge in [0.05, 0.1) is 6.61 Å². The molecule has 0 unspecified atom stereocenters. The molecule has 24 heavy (non-hydrogen) atoms. The van der Waals surface area contributed by atoms with Crippen LogP contribution in [0.4, 0.5) is 0 Å². The molecule has 0 bridgehead atoms. The van der Waals surface area contributed by atoms with Crippen LogP contribution < -0.4 is 10.1 Å². The minimum Gasteiger partial charge on any atom is -0.494 e. The van der Waals surface area contributed by atoms with Gasteiger partial charge in [-0.25, -0.2) is 0 Å². The van der Waals surface area contributed by atoms with Gasteiger partial charge in [-0.05, 0) is 50.6 Å². The van der Waals surface area contributed by atoms with Crippen LogP contribution in [-0.2, 0) is 5.75 Å². The van der Waals surface area contributed by atoms with Gasteiger partial charge in [-0.1, -0.05) is 24.6 Å². The maximum atomic E-state index is 12.2. The quantitative estimate of drug-likeness (QED) is 0.698. The first-order valence-corrected chi connectivity index (χ1v) is 9.36. The van der Waals surface area contributed by atoms with Crippen molar-refractivity contribution in [3.8, 4) is 5.75 Å². The highest BCUT2D eigenvalue weighted by Crippen LogP contribution is 2.29. The van der Waals surface area contributed by atoms with Crippen LogP contribution in [-0.4, -0.2) is 19.1 Å². The van der Waals surface area contributed by atoms with Crippen molar-refractivity contribution < 1.29 is 9.53 Å². The number of nitrogens with one attached hydrogen (secondary N) is 1. The maximum absolute atomic E-state index is 12.2. The first-order valence-electron chi connectivity index (χ1n) is 8.37. The number of rotatable bonds is 8. The molecule has 1 N–H and O–H groups in total. The van der Waals surface area contributed by atoms with E-state index in [2.05, 4.69) is 36.5 Å². The van der Waals surface area contributed by atoms with Crippen LogP contribution in [0.5, 0.6) is 5.75 Å². The topological polar surface area (TPSA) is 38.3 Å². The van der Waals surface area contributed by atoms with Gasteiger partial charge in [0, 0.05) is 28.3 Å². The summed E-state index contributed by atoms with van der Waals surface area (Å²) < 4.78 is 5.72. The van der Waals surface area contributed by atoms with Crippen LogP contribution in [0.15, 0.2) is 47.4 Å². The van der Waals surface area contributed by atoms with E-state index >= 15 is 0 Å². The molecule has 3 nitrogen and oxygen atoms in total. The number of carbonyl (C=O) groups excluding carboxylic acids is 1. The van der Waals surface area contributed by atoms with Crippen LogP contribution in [0.1, 0.15) is 41.8 Å². The second-order valence-electron chi connectivity index (χ2n) is 5.61. The minimum atomic E-state index is -0.0264. The minimum absolute atomic E-state index is 0.0264. The SMILES string of the molecule is CCCNC(=O)c1ccc(OCC)c(CSc2ccc(C)cc2)c1. The second kappa shape index (κ2) is 9.38. The Morgan fingerprint density at radius 3 is 2.54 bits per heavy atom. The molecule has 0 aliphatic carbocycles. The van der Waals surface area contributed by atoms with E-state index in [1.807, 2.05) is 32.0 Å². The van der Waals surface area contributed by atoms with E-state index in [0.717, 1.165) is 23.5 Å². The second-order valence-corrected chi connectivity index (χ2v) is 6.66. The fraction of sp³-hybridized carbons (Fsp3) is 0.350. The molecule has 0 aromatic heterocycles. The number of hydrogen-bond donors (Lipinski definition) is 1. The molecular formula is C20H25NO2S. The molecule has 128 valence electrons. The summed E-state index contributed by atoms with van der Waals surface area (Å²) in [6, 6.07) is 14.1. The Bertz CT molecular complexity index is 668. The Morgan fingerprint density at radius 1 is 1.12 bits per heavy atom. The van der Waals surface area contributed by atoms with Gasteiger partial charge in [0.2, 0.25) is 0 Å². The van der Waals surface area contributed by atoms with Crippen molar-refractivity contribution in [2.45, 2.75) is 37.8 Å². The monoisotopic (exact) mass is 343 g/mol. The molecule has 0 aliphatic heterocycles. The van der Waals surface area contributed by atoms with Crippen molar-refractivity contribution in [2.24, 2.45) is 0 Å². The van der Waals surface area contributed by atoms with Crippen LogP contribution >= 0.6 is 11.8 Å². The van der Waals surface area contributed by atoms with Crippen LogP contribution in [0.3, 0.4) is 0 Å².